The lowest BCUT2D eigenvalue weighted by Crippen LogP contribution is -2.39. The van der Waals surface area contributed by atoms with E-state index in [0.29, 0.717) is 13.1 Å². The molecule has 0 aromatic rings. The van der Waals surface area contributed by atoms with Crippen LogP contribution in [0.2, 0.25) is 0 Å². The van der Waals surface area contributed by atoms with Crippen molar-refractivity contribution in [1.29, 1.82) is 0 Å². The van der Waals surface area contributed by atoms with Gasteiger partial charge in [0.1, 0.15) is 0 Å². The number of unbranched alkanes of at least 4 members (excludes halogenated alkanes) is 2. The number of hydrogen-bond acceptors (Lipinski definition) is 4. The lowest BCUT2D eigenvalue weighted by atomic mass is 10.2. The number of sulfonamides is 1. The highest BCUT2D eigenvalue weighted by atomic mass is 32.2. The van der Waals surface area contributed by atoms with E-state index in [2.05, 4.69) is 4.90 Å². The maximum atomic E-state index is 12.1. The van der Waals surface area contributed by atoms with Gasteiger partial charge in [-0.2, -0.15) is 0 Å². The Kier molecular flexibility index (Phi) is 7.28. The number of nitrogens with zero attached hydrogens (tertiary/aromatic N) is 2. The molecule has 6 heteroatoms. The number of nitrogens with two attached hydrogens (primary N) is 1. The molecule has 1 heterocycles. The first-order valence-electron chi connectivity index (χ1n) is 7.40. The third-order valence-corrected chi connectivity index (χ3v) is 5.96. The van der Waals surface area contributed by atoms with Crippen LogP contribution < -0.4 is 5.73 Å². The van der Waals surface area contributed by atoms with Crippen LogP contribution in [0.25, 0.3) is 0 Å². The topological polar surface area (TPSA) is 66.6 Å². The molecule has 1 saturated heterocycles. The summed E-state index contributed by atoms with van der Waals surface area (Å²) in [6.07, 6.45) is 4.35. The van der Waals surface area contributed by atoms with Gasteiger partial charge in [-0.25, -0.2) is 12.7 Å². The highest BCUT2D eigenvalue weighted by molar-refractivity contribution is 7.89. The first kappa shape index (κ1) is 16.9. The van der Waals surface area contributed by atoms with Crippen molar-refractivity contribution in [2.45, 2.75) is 44.8 Å². The molecule has 0 atom stereocenters. The molecule has 114 valence electrons. The summed E-state index contributed by atoms with van der Waals surface area (Å²) < 4.78 is 25.9. The first-order chi connectivity index (χ1) is 8.98. The van der Waals surface area contributed by atoms with E-state index < -0.39 is 10.0 Å². The molecule has 1 aliphatic heterocycles. The molecule has 1 rings (SSSR count). The second-order valence-electron chi connectivity index (χ2n) is 5.54. The van der Waals surface area contributed by atoms with Gasteiger partial charge >= 0.3 is 0 Å². The SMILES string of the molecule is CC(C)S(=O)(=O)N1CCCN(CCCCCN)CC1. The quantitative estimate of drug-likeness (QED) is 0.707. The van der Waals surface area contributed by atoms with Crippen molar-refractivity contribution in [2.24, 2.45) is 5.73 Å². The second kappa shape index (κ2) is 8.19. The Labute approximate surface area is 118 Å². The van der Waals surface area contributed by atoms with Gasteiger partial charge < -0.3 is 10.6 Å². The minimum atomic E-state index is -3.09. The summed E-state index contributed by atoms with van der Waals surface area (Å²) in [7, 11) is -3.09. The average molecular weight is 291 g/mol. The van der Waals surface area contributed by atoms with E-state index in [9.17, 15) is 8.42 Å². The van der Waals surface area contributed by atoms with Gasteiger partial charge in [0.15, 0.2) is 0 Å². The summed E-state index contributed by atoms with van der Waals surface area (Å²) in [4.78, 5) is 2.38. The van der Waals surface area contributed by atoms with Crippen molar-refractivity contribution in [1.82, 2.24) is 9.21 Å². The molecule has 19 heavy (non-hydrogen) atoms. The van der Waals surface area contributed by atoms with E-state index in [1.807, 2.05) is 0 Å². The highest BCUT2D eigenvalue weighted by Gasteiger charge is 2.27. The fourth-order valence-electron chi connectivity index (χ4n) is 2.38. The van der Waals surface area contributed by atoms with Crippen LogP contribution >= 0.6 is 0 Å². The Bertz CT molecular complexity index is 344. The Morgan fingerprint density at radius 2 is 1.79 bits per heavy atom. The Hall–Kier alpha value is -0.170. The monoisotopic (exact) mass is 291 g/mol. The van der Waals surface area contributed by atoms with Gasteiger partial charge in [0, 0.05) is 19.6 Å². The number of rotatable bonds is 7. The normalized spacial score (nSPS) is 19.8. The lowest BCUT2D eigenvalue weighted by Gasteiger charge is -2.23. The van der Waals surface area contributed by atoms with Crippen LogP contribution in [0.3, 0.4) is 0 Å². The molecule has 0 radical (unpaired) electrons. The molecule has 0 unspecified atom stereocenters. The summed E-state index contributed by atoms with van der Waals surface area (Å²) in [6, 6.07) is 0. The van der Waals surface area contributed by atoms with Crippen LogP contribution in [0, 0.1) is 0 Å². The van der Waals surface area contributed by atoms with Crippen LogP contribution in [0.4, 0.5) is 0 Å². The third-order valence-electron chi connectivity index (χ3n) is 3.68. The predicted molar refractivity (Wildman–Crippen MR) is 79.6 cm³/mol. The standard InChI is InChI=1S/C13H29N3O2S/c1-13(2)19(17,18)16-10-6-9-15(11-12-16)8-5-3-4-7-14/h13H,3-12,14H2,1-2H3. The smallest absolute Gasteiger partial charge is 0.216 e. The van der Waals surface area contributed by atoms with Crippen LogP contribution in [-0.4, -0.2) is 62.1 Å². The van der Waals surface area contributed by atoms with E-state index >= 15 is 0 Å². The van der Waals surface area contributed by atoms with Gasteiger partial charge in [0.05, 0.1) is 5.25 Å². The van der Waals surface area contributed by atoms with E-state index in [1.165, 1.54) is 6.42 Å². The van der Waals surface area contributed by atoms with Gasteiger partial charge in [-0.15, -0.1) is 0 Å². The molecule has 1 fully saturated rings. The molecule has 0 aromatic heterocycles. The van der Waals surface area contributed by atoms with E-state index in [1.54, 1.807) is 18.2 Å². The molecular formula is C13H29N3O2S. The Balaban J connectivity index is 2.39. The fourth-order valence-corrected chi connectivity index (χ4v) is 3.70. The summed E-state index contributed by atoms with van der Waals surface area (Å²) in [5.74, 6) is 0. The Morgan fingerprint density at radius 3 is 2.42 bits per heavy atom. The van der Waals surface area contributed by atoms with Gasteiger partial charge in [-0.3, -0.25) is 0 Å². The van der Waals surface area contributed by atoms with Crippen molar-refractivity contribution in [3.8, 4) is 0 Å². The zero-order chi connectivity index (χ0) is 14.3. The first-order valence-corrected chi connectivity index (χ1v) is 8.90. The number of hydrogen-bond donors (Lipinski definition) is 1. The van der Waals surface area contributed by atoms with E-state index in [4.69, 9.17) is 5.73 Å². The van der Waals surface area contributed by atoms with Crippen LogP contribution in [0.5, 0.6) is 0 Å². The second-order valence-corrected chi connectivity index (χ2v) is 8.03. The fraction of sp³-hybridized carbons (Fsp3) is 1.00. The van der Waals surface area contributed by atoms with Gasteiger partial charge in [0.2, 0.25) is 10.0 Å². The zero-order valence-electron chi connectivity index (χ0n) is 12.3. The third kappa shape index (κ3) is 5.38. The zero-order valence-corrected chi connectivity index (χ0v) is 13.2. The molecule has 5 nitrogen and oxygen atoms in total. The maximum absolute atomic E-state index is 12.1. The molecule has 2 N–H and O–H groups in total. The summed E-state index contributed by atoms with van der Waals surface area (Å²) in [5.41, 5.74) is 5.48. The summed E-state index contributed by atoms with van der Waals surface area (Å²) in [5, 5.41) is -0.316. The van der Waals surface area contributed by atoms with E-state index in [0.717, 1.165) is 45.4 Å². The van der Waals surface area contributed by atoms with Crippen molar-refractivity contribution in [3.63, 3.8) is 0 Å². The molecule has 0 amide bonds. The van der Waals surface area contributed by atoms with Gasteiger partial charge in [-0.05, 0) is 52.7 Å². The minimum absolute atomic E-state index is 0.316. The lowest BCUT2D eigenvalue weighted by molar-refractivity contribution is 0.279. The van der Waals surface area contributed by atoms with E-state index in [-0.39, 0.29) is 5.25 Å². The average Bonchev–Trinajstić information content (AvgIpc) is 2.60. The molecule has 0 aliphatic carbocycles. The largest absolute Gasteiger partial charge is 0.330 e. The minimum Gasteiger partial charge on any atom is -0.330 e. The highest BCUT2D eigenvalue weighted by Crippen LogP contribution is 2.13. The van der Waals surface area contributed by atoms with Crippen molar-refractivity contribution >= 4 is 10.0 Å². The Morgan fingerprint density at radius 1 is 1.05 bits per heavy atom. The molecular weight excluding hydrogens is 262 g/mol. The summed E-state index contributed by atoms with van der Waals surface area (Å²) in [6.45, 7) is 8.50. The predicted octanol–water partition coefficient (Wildman–Crippen LogP) is 0.861. The molecule has 0 spiro atoms. The van der Waals surface area contributed by atoms with Crippen LogP contribution in [0.15, 0.2) is 0 Å². The summed E-state index contributed by atoms with van der Waals surface area (Å²) >= 11 is 0. The maximum Gasteiger partial charge on any atom is 0.216 e. The molecule has 0 saturated carbocycles. The van der Waals surface area contributed by atoms with Gasteiger partial charge in [0.25, 0.3) is 0 Å². The van der Waals surface area contributed by atoms with Crippen LogP contribution in [0.1, 0.15) is 39.5 Å². The van der Waals surface area contributed by atoms with Crippen molar-refractivity contribution < 1.29 is 8.42 Å². The molecule has 0 bridgehead atoms. The van der Waals surface area contributed by atoms with Crippen molar-refractivity contribution in [2.75, 3.05) is 39.3 Å². The van der Waals surface area contributed by atoms with Gasteiger partial charge in [-0.1, -0.05) is 6.42 Å². The molecule has 1 aliphatic rings. The van der Waals surface area contributed by atoms with Crippen molar-refractivity contribution in [3.05, 3.63) is 0 Å². The molecule has 0 aromatic carbocycles. The van der Waals surface area contributed by atoms with Crippen LogP contribution in [-0.2, 0) is 10.0 Å².